The Morgan fingerprint density at radius 3 is 2.47 bits per heavy atom. The molecule has 1 aromatic carbocycles. The van der Waals surface area contributed by atoms with E-state index in [1.54, 1.807) is 30.0 Å². The van der Waals surface area contributed by atoms with Gasteiger partial charge in [0.05, 0.1) is 19.2 Å². The number of carbonyl (C=O) groups is 2. The van der Waals surface area contributed by atoms with E-state index in [0.29, 0.717) is 0 Å². The van der Waals surface area contributed by atoms with Gasteiger partial charge < -0.3 is 10.0 Å². The molecular formula is C13H13N3O3. The smallest absolute Gasteiger partial charge is 0.249 e. The normalized spacial score (nSPS) is 15.6. The number of anilines is 1. The molecule has 0 unspecified atom stereocenters. The predicted octanol–water partition coefficient (Wildman–Crippen LogP) is 0.399. The van der Waals surface area contributed by atoms with Gasteiger partial charge in [-0.3, -0.25) is 14.5 Å². The highest BCUT2D eigenvalue weighted by Crippen LogP contribution is 2.25. The highest BCUT2D eigenvalue weighted by Gasteiger charge is 2.31. The third-order valence-electron chi connectivity index (χ3n) is 3.00. The van der Waals surface area contributed by atoms with Crippen molar-refractivity contribution in [2.24, 2.45) is 0 Å². The Labute approximate surface area is 110 Å². The van der Waals surface area contributed by atoms with E-state index >= 15 is 0 Å². The van der Waals surface area contributed by atoms with E-state index in [0.717, 1.165) is 16.2 Å². The number of aryl methyl sites for hydroxylation is 1. The van der Waals surface area contributed by atoms with Gasteiger partial charge in [0.2, 0.25) is 11.8 Å². The molecule has 1 N–H and O–H groups in total. The lowest BCUT2D eigenvalue weighted by atomic mass is 10.1. The van der Waals surface area contributed by atoms with Crippen molar-refractivity contribution < 1.29 is 14.7 Å². The van der Waals surface area contributed by atoms with Crippen LogP contribution in [0.2, 0.25) is 0 Å². The van der Waals surface area contributed by atoms with Crippen LogP contribution < -0.4 is 4.90 Å². The van der Waals surface area contributed by atoms with E-state index < -0.39 is 0 Å². The molecule has 6 heteroatoms. The molecule has 2 amide bonds. The van der Waals surface area contributed by atoms with Gasteiger partial charge in [-0.15, -0.1) is 0 Å². The van der Waals surface area contributed by atoms with Crippen LogP contribution in [0.15, 0.2) is 18.2 Å². The zero-order valence-corrected chi connectivity index (χ0v) is 10.5. The Hall–Kier alpha value is -2.55. The zero-order valence-electron chi connectivity index (χ0n) is 10.5. The molecule has 1 aliphatic heterocycles. The van der Waals surface area contributed by atoms with Gasteiger partial charge in [0.15, 0.2) is 0 Å². The van der Waals surface area contributed by atoms with Crippen molar-refractivity contribution in [2.75, 3.05) is 24.5 Å². The Morgan fingerprint density at radius 2 is 1.95 bits per heavy atom. The summed E-state index contributed by atoms with van der Waals surface area (Å²) >= 11 is 0. The van der Waals surface area contributed by atoms with Crippen LogP contribution in [0, 0.1) is 18.3 Å². The number of rotatable bonds is 2. The molecule has 6 nitrogen and oxygen atoms in total. The molecule has 0 aliphatic carbocycles. The molecule has 0 bridgehead atoms. The Morgan fingerprint density at radius 1 is 1.32 bits per heavy atom. The predicted molar refractivity (Wildman–Crippen MR) is 67.4 cm³/mol. The number of piperazine rings is 1. The van der Waals surface area contributed by atoms with Gasteiger partial charge in [-0.25, -0.2) is 0 Å². The van der Waals surface area contributed by atoms with Crippen LogP contribution in [0.25, 0.3) is 0 Å². The second-order valence-corrected chi connectivity index (χ2v) is 4.36. The summed E-state index contributed by atoms with van der Waals surface area (Å²) in [5.74, 6) is -0.627. The minimum Gasteiger partial charge on any atom is -0.508 e. The van der Waals surface area contributed by atoms with E-state index in [1.165, 1.54) is 6.07 Å². The fraction of sp³-hybridized carbons (Fsp3) is 0.308. The van der Waals surface area contributed by atoms with Crippen molar-refractivity contribution in [2.45, 2.75) is 6.92 Å². The lowest BCUT2D eigenvalue weighted by molar-refractivity contribution is -0.144. The molecule has 19 heavy (non-hydrogen) atoms. The summed E-state index contributed by atoms with van der Waals surface area (Å²) in [5.41, 5.74) is 1.52. The molecule has 1 fully saturated rings. The zero-order chi connectivity index (χ0) is 14.0. The van der Waals surface area contributed by atoms with E-state index in [-0.39, 0.29) is 37.2 Å². The molecule has 1 heterocycles. The lowest BCUT2D eigenvalue weighted by Gasteiger charge is -2.33. The number of carbonyl (C=O) groups excluding carboxylic acids is 2. The number of nitriles is 1. The summed E-state index contributed by atoms with van der Waals surface area (Å²) in [6.45, 7) is 1.70. The van der Waals surface area contributed by atoms with Crippen molar-refractivity contribution >= 4 is 17.5 Å². The van der Waals surface area contributed by atoms with E-state index in [9.17, 15) is 14.7 Å². The standard InChI is InChI=1S/C13H13N3O3/c1-9-6-10(17)2-3-11(9)15-7-12(18)16(5-4-14)13(19)8-15/h2-3,6,17H,5,7-8H2,1H3. The summed E-state index contributed by atoms with van der Waals surface area (Å²) in [6.07, 6.45) is 0. The summed E-state index contributed by atoms with van der Waals surface area (Å²) in [7, 11) is 0. The summed E-state index contributed by atoms with van der Waals surface area (Å²) in [4.78, 5) is 26.2. The number of hydrogen-bond donors (Lipinski definition) is 1. The van der Waals surface area contributed by atoms with Crippen molar-refractivity contribution in [1.82, 2.24) is 4.90 Å². The minimum absolute atomic E-state index is 0.0546. The quantitative estimate of drug-likeness (QED) is 0.614. The molecular weight excluding hydrogens is 246 g/mol. The second kappa shape index (κ2) is 4.98. The first-order chi connectivity index (χ1) is 9.02. The maximum atomic E-state index is 11.8. The maximum absolute atomic E-state index is 11.8. The number of imide groups is 1. The van der Waals surface area contributed by atoms with Crippen molar-refractivity contribution in [3.63, 3.8) is 0 Å². The van der Waals surface area contributed by atoms with Crippen molar-refractivity contribution in [1.29, 1.82) is 5.26 Å². The van der Waals surface area contributed by atoms with Gasteiger partial charge in [0.1, 0.15) is 12.3 Å². The van der Waals surface area contributed by atoms with Crippen molar-refractivity contribution in [3.05, 3.63) is 23.8 Å². The number of benzene rings is 1. The number of aromatic hydroxyl groups is 1. The molecule has 1 saturated heterocycles. The Balaban J connectivity index is 2.23. The molecule has 1 aliphatic rings. The third kappa shape index (κ3) is 2.50. The van der Waals surface area contributed by atoms with Crippen LogP contribution in [0.3, 0.4) is 0 Å². The van der Waals surface area contributed by atoms with Crippen molar-refractivity contribution in [3.8, 4) is 11.8 Å². The Bertz CT molecular complexity index is 559. The van der Waals surface area contributed by atoms with Gasteiger partial charge in [0, 0.05) is 5.69 Å². The Kier molecular flexibility index (Phi) is 3.38. The molecule has 0 saturated carbocycles. The third-order valence-corrected chi connectivity index (χ3v) is 3.00. The first-order valence-electron chi connectivity index (χ1n) is 5.77. The van der Waals surface area contributed by atoms with Crippen LogP contribution in [0.4, 0.5) is 5.69 Å². The average molecular weight is 259 g/mol. The second-order valence-electron chi connectivity index (χ2n) is 4.36. The first kappa shape index (κ1) is 12.9. The molecule has 0 spiro atoms. The topological polar surface area (TPSA) is 84.6 Å². The summed E-state index contributed by atoms with van der Waals surface area (Å²) in [6, 6.07) is 6.56. The fourth-order valence-corrected chi connectivity index (χ4v) is 2.10. The number of phenolic OH excluding ortho intramolecular Hbond substituents is 1. The molecule has 98 valence electrons. The summed E-state index contributed by atoms with van der Waals surface area (Å²) < 4.78 is 0. The minimum atomic E-state index is -0.384. The van der Waals surface area contributed by atoms with Gasteiger partial charge in [-0.1, -0.05) is 0 Å². The largest absolute Gasteiger partial charge is 0.508 e. The first-order valence-corrected chi connectivity index (χ1v) is 5.77. The van der Waals surface area contributed by atoms with Crippen LogP contribution in [0.5, 0.6) is 5.75 Å². The molecule has 0 radical (unpaired) electrons. The number of amides is 2. The van der Waals surface area contributed by atoms with Crippen LogP contribution >= 0.6 is 0 Å². The van der Waals surface area contributed by atoms with Gasteiger partial charge in [0.25, 0.3) is 0 Å². The fourth-order valence-electron chi connectivity index (χ4n) is 2.10. The maximum Gasteiger partial charge on any atom is 0.249 e. The number of hydrogen-bond acceptors (Lipinski definition) is 5. The van der Waals surface area contributed by atoms with Gasteiger partial charge in [-0.05, 0) is 30.7 Å². The van der Waals surface area contributed by atoms with Crippen LogP contribution in [-0.4, -0.2) is 41.5 Å². The highest BCUT2D eigenvalue weighted by molar-refractivity contribution is 6.03. The SMILES string of the molecule is Cc1cc(O)ccc1N1CC(=O)N(CC#N)C(=O)C1. The van der Waals surface area contributed by atoms with Gasteiger partial charge >= 0.3 is 0 Å². The highest BCUT2D eigenvalue weighted by atomic mass is 16.3. The molecule has 0 aromatic heterocycles. The molecule has 2 rings (SSSR count). The number of nitrogens with zero attached hydrogens (tertiary/aromatic N) is 3. The average Bonchev–Trinajstić information content (AvgIpc) is 2.33. The van der Waals surface area contributed by atoms with Gasteiger partial charge in [-0.2, -0.15) is 5.26 Å². The number of phenols is 1. The monoisotopic (exact) mass is 259 g/mol. The molecule has 1 aromatic rings. The summed E-state index contributed by atoms with van der Waals surface area (Å²) in [5, 5.41) is 17.9. The van der Waals surface area contributed by atoms with E-state index in [2.05, 4.69) is 0 Å². The molecule has 0 atom stereocenters. The van der Waals surface area contributed by atoms with E-state index in [1.807, 2.05) is 0 Å². The van der Waals surface area contributed by atoms with E-state index in [4.69, 9.17) is 5.26 Å². The van der Waals surface area contributed by atoms with Crippen LogP contribution in [-0.2, 0) is 9.59 Å². The van der Waals surface area contributed by atoms with Crippen LogP contribution in [0.1, 0.15) is 5.56 Å². The lowest BCUT2D eigenvalue weighted by Crippen LogP contribution is -2.54.